The molecule has 0 aliphatic carbocycles. The molecule has 19 heavy (non-hydrogen) atoms. The molecule has 0 saturated carbocycles. The number of sulfonamides is 1. The van der Waals surface area contributed by atoms with Crippen molar-refractivity contribution in [3.8, 4) is 0 Å². The highest BCUT2D eigenvalue weighted by molar-refractivity contribution is 7.93. The zero-order valence-corrected chi connectivity index (χ0v) is 12.5. The van der Waals surface area contributed by atoms with Crippen LogP contribution in [0.25, 0.3) is 0 Å². The van der Waals surface area contributed by atoms with Crippen molar-refractivity contribution >= 4 is 50.2 Å². The Morgan fingerprint density at radius 1 is 1.47 bits per heavy atom. The number of aliphatic hydroxyl groups excluding tert-OH is 1. The summed E-state index contributed by atoms with van der Waals surface area (Å²) in [6, 6.07) is 1.29. The molecule has 2 rings (SSSR count). The van der Waals surface area contributed by atoms with Crippen LogP contribution in [0.3, 0.4) is 0 Å². The number of halogens is 2. The highest BCUT2D eigenvalue weighted by atomic mass is 35.5. The van der Waals surface area contributed by atoms with Gasteiger partial charge in [-0.05, 0) is 6.07 Å². The fourth-order valence-corrected chi connectivity index (χ4v) is 4.54. The van der Waals surface area contributed by atoms with Crippen molar-refractivity contribution in [3.63, 3.8) is 0 Å². The molecule has 6 nitrogen and oxygen atoms in total. The molecular weight excluding hydrogens is 333 g/mol. The maximum Gasteiger partial charge on any atom is 0.264 e. The Balaban J connectivity index is 2.23. The standard InChI is InChI=1S/C9H9Cl2N3O3S2/c10-8-3-7(9(11)18-8)19(16,17)13-6-4-12-14(5-6)1-2-15/h3-5,13,15H,1-2H2. The number of hydrogen-bond acceptors (Lipinski definition) is 5. The summed E-state index contributed by atoms with van der Waals surface area (Å²) in [5.41, 5.74) is 0.284. The minimum atomic E-state index is -3.80. The predicted octanol–water partition coefficient (Wildman–Crippen LogP) is 2.04. The predicted molar refractivity (Wildman–Crippen MR) is 74.5 cm³/mol. The third-order valence-corrected chi connectivity index (χ3v) is 5.26. The number of anilines is 1. The Morgan fingerprint density at radius 3 is 2.79 bits per heavy atom. The molecule has 10 heteroatoms. The van der Waals surface area contributed by atoms with Crippen molar-refractivity contribution in [1.29, 1.82) is 0 Å². The van der Waals surface area contributed by atoms with Gasteiger partial charge in [0.2, 0.25) is 0 Å². The second-order valence-corrected chi connectivity index (χ2v) is 7.45. The van der Waals surface area contributed by atoms with Crippen LogP contribution in [0.1, 0.15) is 0 Å². The van der Waals surface area contributed by atoms with Crippen LogP contribution in [-0.2, 0) is 16.6 Å². The normalized spacial score (nSPS) is 11.7. The lowest BCUT2D eigenvalue weighted by atomic mass is 10.6. The van der Waals surface area contributed by atoms with Crippen LogP contribution in [0.2, 0.25) is 8.67 Å². The SMILES string of the molecule is O=S(=O)(Nc1cnn(CCO)c1)c1cc(Cl)sc1Cl. The van der Waals surface area contributed by atoms with Gasteiger partial charge in [0.05, 0.1) is 29.4 Å². The van der Waals surface area contributed by atoms with Crippen molar-refractivity contribution in [2.75, 3.05) is 11.3 Å². The van der Waals surface area contributed by atoms with Crippen molar-refractivity contribution in [3.05, 3.63) is 27.1 Å². The third kappa shape index (κ3) is 3.40. The van der Waals surface area contributed by atoms with E-state index in [1.165, 1.54) is 23.1 Å². The molecule has 2 heterocycles. The number of rotatable bonds is 5. The molecule has 0 radical (unpaired) electrons. The molecule has 2 N–H and O–H groups in total. The average Bonchev–Trinajstić information content (AvgIpc) is 2.86. The highest BCUT2D eigenvalue weighted by Crippen LogP contribution is 2.34. The van der Waals surface area contributed by atoms with E-state index in [2.05, 4.69) is 9.82 Å². The molecule has 0 atom stereocenters. The van der Waals surface area contributed by atoms with Gasteiger partial charge in [-0.2, -0.15) is 5.10 Å². The van der Waals surface area contributed by atoms with E-state index < -0.39 is 10.0 Å². The van der Waals surface area contributed by atoms with E-state index in [1.54, 1.807) is 0 Å². The summed E-state index contributed by atoms with van der Waals surface area (Å²) in [6.07, 6.45) is 2.81. The lowest BCUT2D eigenvalue weighted by molar-refractivity contribution is 0.269. The van der Waals surface area contributed by atoms with Crippen LogP contribution in [0.4, 0.5) is 5.69 Å². The molecule has 104 valence electrons. The zero-order chi connectivity index (χ0) is 14.0. The van der Waals surface area contributed by atoms with Crippen molar-refractivity contribution in [2.24, 2.45) is 0 Å². The summed E-state index contributed by atoms with van der Waals surface area (Å²) in [4.78, 5) is -0.0703. The number of aromatic nitrogens is 2. The number of nitrogens with zero attached hydrogens (tertiary/aromatic N) is 2. The largest absolute Gasteiger partial charge is 0.394 e. The lowest BCUT2D eigenvalue weighted by Gasteiger charge is -2.03. The third-order valence-electron chi connectivity index (χ3n) is 2.13. The van der Waals surface area contributed by atoms with Crippen LogP contribution < -0.4 is 4.72 Å². The molecular formula is C9H9Cl2N3O3S2. The minimum absolute atomic E-state index is 0.0703. The summed E-state index contributed by atoms with van der Waals surface area (Å²) >= 11 is 12.5. The van der Waals surface area contributed by atoms with E-state index in [4.69, 9.17) is 28.3 Å². The zero-order valence-electron chi connectivity index (χ0n) is 9.38. The second-order valence-electron chi connectivity index (χ2n) is 3.51. The number of nitrogens with one attached hydrogen (secondary N) is 1. The Morgan fingerprint density at radius 2 is 2.21 bits per heavy atom. The van der Waals surface area contributed by atoms with E-state index in [-0.39, 0.29) is 28.1 Å². The molecule has 0 saturated heterocycles. The summed E-state index contributed by atoms with van der Waals surface area (Å²) in [5.74, 6) is 0. The van der Waals surface area contributed by atoms with Gasteiger partial charge in [0, 0.05) is 6.20 Å². The van der Waals surface area contributed by atoms with E-state index in [0.29, 0.717) is 4.34 Å². The van der Waals surface area contributed by atoms with Gasteiger partial charge in [0.15, 0.2) is 0 Å². The van der Waals surface area contributed by atoms with Crippen LogP contribution in [0, 0.1) is 0 Å². The smallest absolute Gasteiger partial charge is 0.264 e. The van der Waals surface area contributed by atoms with Gasteiger partial charge in [0.1, 0.15) is 9.23 Å². The van der Waals surface area contributed by atoms with Gasteiger partial charge >= 0.3 is 0 Å². The van der Waals surface area contributed by atoms with Crippen molar-refractivity contribution < 1.29 is 13.5 Å². The number of thiophene rings is 1. The van der Waals surface area contributed by atoms with Crippen LogP contribution in [0.15, 0.2) is 23.4 Å². The van der Waals surface area contributed by atoms with Crippen LogP contribution in [-0.4, -0.2) is 29.9 Å². The maximum absolute atomic E-state index is 12.1. The molecule has 0 bridgehead atoms. The molecule has 0 amide bonds. The van der Waals surface area contributed by atoms with Gasteiger partial charge < -0.3 is 5.11 Å². The first-order chi connectivity index (χ1) is 8.92. The van der Waals surface area contributed by atoms with Crippen molar-refractivity contribution in [1.82, 2.24) is 9.78 Å². The number of aliphatic hydroxyl groups is 1. The molecule has 0 unspecified atom stereocenters. The van der Waals surface area contributed by atoms with E-state index in [1.807, 2.05) is 0 Å². The quantitative estimate of drug-likeness (QED) is 0.871. The fraction of sp³-hybridized carbons (Fsp3) is 0.222. The Labute approximate surface area is 123 Å². The second kappa shape index (κ2) is 5.68. The summed E-state index contributed by atoms with van der Waals surface area (Å²) in [7, 11) is -3.80. The Hall–Kier alpha value is -0.800. The van der Waals surface area contributed by atoms with Gasteiger partial charge in [0.25, 0.3) is 10.0 Å². The molecule has 0 aliphatic rings. The average molecular weight is 342 g/mol. The highest BCUT2D eigenvalue weighted by Gasteiger charge is 2.21. The molecule has 0 fully saturated rings. The first kappa shape index (κ1) is 14.6. The maximum atomic E-state index is 12.1. The van der Waals surface area contributed by atoms with Gasteiger partial charge in [-0.3, -0.25) is 9.40 Å². The molecule has 0 aromatic carbocycles. The molecule has 2 aromatic rings. The van der Waals surface area contributed by atoms with Crippen molar-refractivity contribution in [2.45, 2.75) is 11.4 Å². The van der Waals surface area contributed by atoms with Crippen LogP contribution in [0.5, 0.6) is 0 Å². The Bertz CT molecular complexity index is 681. The topological polar surface area (TPSA) is 84.2 Å². The fourth-order valence-electron chi connectivity index (χ4n) is 1.36. The summed E-state index contributed by atoms with van der Waals surface area (Å²) in [5, 5.41) is 12.6. The van der Waals surface area contributed by atoms with E-state index in [0.717, 1.165) is 11.3 Å². The summed E-state index contributed by atoms with van der Waals surface area (Å²) < 4.78 is 28.3. The first-order valence-electron chi connectivity index (χ1n) is 5.03. The van der Waals surface area contributed by atoms with E-state index >= 15 is 0 Å². The van der Waals surface area contributed by atoms with Gasteiger partial charge in [-0.1, -0.05) is 23.2 Å². The minimum Gasteiger partial charge on any atom is -0.394 e. The Kier molecular flexibility index (Phi) is 4.36. The summed E-state index contributed by atoms with van der Waals surface area (Å²) in [6.45, 7) is 0.201. The molecule has 2 aromatic heterocycles. The lowest BCUT2D eigenvalue weighted by Crippen LogP contribution is -2.12. The monoisotopic (exact) mass is 341 g/mol. The van der Waals surface area contributed by atoms with Gasteiger partial charge in [-0.25, -0.2) is 8.42 Å². The van der Waals surface area contributed by atoms with Crippen LogP contribution >= 0.6 is 34.5 Å². The molecule has 0 spiro atoms. The van der Waals surface area contributed by atoms with Gasteiger partial charge in [-0.15, -0.1) is 11.3 Å². The molecule has 0 aliphatic heterocycles. The number of hydrogen-bond donors (Lipinski definition) is 2. The van der Waals surface area contributed by atoms with E-state index in [9.17, 15) is 8.42 Å². The first-order valence-corrected chi connectivity index (χ1v) is 8.09.